The van der Waals surface area contributed by atoms with Gasteiger partial charge in [0, 0.05) is 6.54 Å². The molecule has 0 aromatic heterocycles. The summed E-state index contributed by atoms with van der Waals surface area (Å²) in [5.74, 6) is 0.660. The summed E-state index contributed by atoms with van der Waals surface area (Å²) in [4.78, 5) is 14.6. The number of likely N-dealkylation sites (tertiary alicyclic amines) is 1. The van der Waals surface area contributed by atoms with E-state index >= 15 is 0 Å². The van der Waals surface area contributed by atoms with E-state index in [2.05, 4.69) is 17.1 Å². The number of rotatable bonds is 4. The number of aliphatic hydroxyl groups excluding tert-OH is 1. The molecule has 1 amide bonds. The maximum absolute atomic E-state index is 12.3. The van der Waals surface area contributed by atoms with Crippen molar-refractivity contribution in [3.05, 3.63) is 0 Å². The third-order valence-electron chi connectivity index (χ3n) is 4.64. The second-order valence-electron chi connectivity index (χ2n) is 6.07. The van der Waals surface area contributed by atoms with Gasteiger partial charge in [0.25, 0.3) is 0 Å². The highest BCUT2D eigenvalue weighted by molar-refractivity contribution is 5.81. The number of aliphatic hydroxyl groups is 1. The standard InChI is InChI=1S/C15H28N2O2/c1-2-17-9-4-3-8-14(17)15(19)16-11-12-6-5-7-13(18)10-12/h12-14,18H,2-11H2,1H3,(H,16,19). The third-order valence-corrected chi connectivity index (χ3v) is 4.64. The van der Waals surface area contributed by atoms with Crippen LogP contribution in [0.5, 0.6) is 0 Å². The van der Waals surface area contributed by atoms with Crippen LogP contribution < -0.4 is 5.32 Å². The fraction of sp³-hybridized carbons (Fsp3) is 0.933. The molecule has 0 aromatic rings. The van der Waals surface area contributed by atoms with Gasteiger partial charge < -0.3 is 10.4 Å². The Kier molecular flexibility index (Phi) is 5.64. The Balaban J connectivity index is 1.76. The molecule has 2 fully saturated rings. The molecule has 2 aliphatic rings. The average Bonchev–Trinajstić information content (AvgIpc) is 2.45. The molecule has 1 heterocycles. The summed E-state index contributed by atoms with van der Waals surface area (Å²) in [7, 11) is 0. The van der Waals surface area contributed by atoms with Crippen molar-refractivity contribution in [2.45, 2.75) is 64.0 Å². The van der Waals surface area contributed by atoms with E-state index in [0.29, 0.717) is 5.92 Å². The fourth-order valence-corrected chi connectivity index (χ4v) is 3.48. The molecule has 3 unspecified atom stereocenters. The molecule has 1 aliphatic heterocycles. The molecule has 1 saturated heterocycles. The van der Waals surface area contributed by atoms with Crippen molar-refractivity contribution >= 4 is 5.91 Å². The lowest BCUT2D eigenvalue weighted by atomic mass is 9.87. The minimum Gasteiger partial charge on any atom is -0.393 e. The maximum Gasteiger partial charge on any atom is 0.237 e. The Morgan fingerprint density at radius 1 is 1.26 bits per heavy atom. The third kappa shape index (κ3) is 4.18. The van der Waals surface area contributed by atoms with Gasteiger partial charge in [-0.25, -0.2) is 0 Å². The molecule has 4 nitrogen and oxygen atoms in total. The predicted octanol–water partition coefficient (Wildman–Crippen LogP) is 1.53. The molecule has 0 radical (unpaired) electrons. The summed E-state index contributed by atoms with van der Waals surface area (Å²) in [5.41, 5.74) is 0. The van der Waals surface area contributed by atoms with Crippen molar-refractivity contribution in [3.63, 3.8) is 0 Å². The first-order valence-corrected chi connectivity index (χ1v) is 7.90. The fourth-order valence-electron chi connectivity index (χ4n) is 3.48. The van der Waals surface area contributed by atoms with Crippen LogP contribution in [0.1, 0.15) is 51.9 Å². The minimum atomic E-state index is -0.155. The number of nitrogens with one attached hydrogen (secondary N) is 1. The molecule has 4 heteroatoms. The topological polar surface area (TPSA) is 52.6 Å². The largest absolute Gasteiger partial charge is 0.393 e. The number of amides is 1. The van der Waals surface area contributed by atoms with Crippen LogP contribution in [0.15, 0.2) is 0 Å². The highest BCUT2D eigenvalue weighted by Gasteiger charge is 2.28. The van der Waals surface area contributed by atoms with Crippen molar-refractivity contribution < 1.29 is 9.90 Å². The van der Waals surface area contributed by atoms with Crippen molar-refractivity contribution in [2.24, 2.45) is 5.92 Å². The van der Waals surface area contributed by atoms with Crippen molar-refractivity contribution in [2.75, 3.05) is 19.6 Å². The Labute approximate surface area is 116 Å². The van der Waals surface area contributed by atoms with E-state index in [-0.39, 0.29) is 18.1 Å². The first-order chi connectivity index (χ1) is 9.20. The van der Waals surface area contributed by atoms with Crippen LogP contribution in [0.25, 0.3) is 0 Å². The molecular weight excluding hydrogens is 240 g/mol. The zero-order chi connectivity index (χ0) is 13.7. The number of likely N-dealkylation sites (N-methyl/N-ethyl adjacent to an activating group) is 1. The van der Waals surface area contributed by atoms with Crippen molar-refractivity contribution in [1.29, 1.82) is 0 Å². The summed E-state index contributed by atoms with van der Waals surface area (Å²) in [6.45, 7) is 4.88. The highest BCUT2D eigenvalue weighted by Crippen LogP contribution is 2.23. The SMILES string of the molecule is CCN1CCCCC1C(=O)NCC1CCCC(O)C1. The van der Waals surface area contributed by atoms with E-state index in [4.69, 9.17) is 0 Å². The van der Waals surface area contributed by atoms with Gasteiger partial charge in [0.15, 0.2) is 0 Å². The quantitative estimate of drug-likeness (QED) is 0.813. The van der Waals surface area contributed by atoms with Crippen LogP contribution in [0.4, 0.5) is 0 Å². The number of carbonyl (C=O) groups excluding carboxylic acids is 1. The lowest BCUT2D eigenvalue weighted by Gasteiger charge is -2.34. The number of hydrogen-bond donors (Lipinski definition) is 2. The lowest BCUT2D eigenvalue weighted by molar-refractivity contribution is -0.127. The van der Waals surface area contributed by atoms with Crippen LogP contribution in [-0.4, -0.2) is 47.7 Å². The van der Waals surface area contributed by atoms with Gasteiger partial charge in [-0.2, -0.15) is 0 Å². The zero-order valence-electron chi connectivity index (χ0n) is 12.1. The number of piperidine rings is 1. The molecule has 2 rings (SSSR count). The molecule has 110 valence electrons. The molecule has 0 bridgehead atoms. The number of carbonyl (C=O) groups is 1. The van der Waals surface area contributed by atoms with Gasteiger partial charge in [0.05, 0.1) is 12.1 Å². The first-order valence-electron chi connectivity index (χ1n) is 7.90. The van der Waals surface area contributed by atoms with Crippen LogP contribution in [-0.2, 0) is 4.79 Å². The van der Waals surface area contributed by atoms with Gasteiger partial charge in [-0.15, -0.1) is 0 Å². The van der Waals surface area contributed by atoms with E-state index in [0.717, 1.165) is 58.2 Å². The summed E-state index contributed by atoms with van der Waals surface area (Å²) >= 11 is 0. The normalized spacial score (nSPS) is 33.1. The van der Waals surface area contributed by atoms with Crippen molar-refractivity contribution in [3.8, 4) is 0 Å². The second kappa shape index (κ2) is 7.25. The summed E-state index contributed by atoms with van der Waals surface area (Å²) < 4.78 is 0. The van der Waals surface area contributed by atoms with Gasteiger partial charge >= 0.3 is 0 Å². The Morgan fingerprint density at radius 3 is 2.84 bits per heavy atom. The van der Waals surface area contributed by atoms with E-state index in [1.165, 1.54) is 6.42 Å². The van der Waals surface area contributed by atoms with E-state index in [9.17, 15) is 9.90 Å². The van der Waals surface area contributed by atoms with Crippen LogP contribution in [0.3, 0.4) is 0 Å². The minimum absolute atomic E-state index is 0.0762. The smallest absolute Gasteiger partial charge is 0.237 e. The first kappa shape index (κ1) is 14.8. The lowest BCUT2D eigenvalue weighted by Crippen LogP contribution is -2.50. The van der Waals surface area contributed by atoms with Gasteiger partial charge in [-0.3, -0.25) is 9.69 Å². The average molecular weight is 268 g/mol. The van der Waals surface area contributed by atoms with Gasteiger partial charge in [0.2, 0.25) is 5.91 Å². The van der Waals surface area contributed by atoms with Crippen LogP contribution in [0, 0.1) is 5.92 Å². The monoisotopic (exact) mass is 268 g/mol. The Bertz CT molecular complexity index is 296. The molecule has 3 atom stereocenters. The molecular formula is C15H28N2O2. The van der Waals surface area contributed by atoms with Crippen LogP contribution >= 0.6 is 0 Å². The summed E-state index contributed by atoms with van der Waals surface area (Å²) in [6.07, 6.45) is 7.22. The molecule has 0 aromatic carbocycles. The van der Waals surface area contributed by atoms with E-state index in [1.807, 2.05) is 0 Å². The predicted molar refractivity (Wildman–Crippen MR) is 75.9 cm³/mol. The van der Waals surface area contributed by atoms with Gasteiger partial charge in [0.1, 0.15) is 0 Å². The van der Waals surface area contributed by atoms with E-state index in [1.54, 1.807) is 0 Å². The second-order valence-corrected chi connectivity index (χ2v) is 6.07. The van der Waals surface area contributed by atoms with Gasteiger partial charge in [-0.1, -0.05) is 19.8 Å². The summed E-state index contributed by atoms with van der Waals surface area (Å²) in [5, 5.41) is 12.8. The van der Waals surface area contributed by atoms with Crippen molar-refractivity contribution in [1.82, 2.24) is 10.2 Å². The highest BCUT2D eigenvalue weighted by atomic mass is 16.3. The Morgan fingerprint density at radius 2 is 2.11 bits per heavy atom. The van der Waals surface area contributed by atoms with E-state index < -0.39 is 0 Å². The van der Waals surface area contributed by atoms with Crippen LogP contribution in [0.2, 0.25) is 0 Å². The molecule has 0 spiro atoms. The molecule has 2 N–H and O–H groups in total. The number of nitrogens with zero attached hydrogens (tertiary/aromatic N) is 1. The van der Waals surface area contributed by atoms with Gasteiger partial charge in [-0.05, 0) is 51.1 Å². The summed E-state index contributed by atoms with van der Waals surface area (Å²) in [6, 6.07) is 0.0762. The number of hydrogen-bond acceptors (Lipinski definition) is 3. The zero-order valence-corrected chi connectivity index (χ0v) is 12.1. The molecule has 19 heavy (non-hydrogen) atoms. The Hall–Kier alpha value is -0.610. The molecule has 1 saturated carbocycles. The maximum atomic E-state index is 12.3. The molecule has 1 aliphatic carbocycles.